The van der Waals surface area contributed by atoms with Crippen LogP contribution in [0.2, 0.25) is 0 Å². The molecule has 1 atom stereocenters. The van der Waals surface area contributed by atoms with Gasteiger partial charge in [-0.25, -0.2) is 4.98 Å². The van der Waals surface area contributed by atoms with Crippen LogP contribution < -0.4 is 10.1 Å². The summed E-state index contributed by atoms with van der Waals surface area (Å²) in [6.07, 6.45) is 3.12. The molecular formula is C21H27N3O3S. The lowest BCUT2D eigenvalue weighted by atomic mass is 10.2. The molecule has 0 aliphatic carbocycles. The monoisotopic (exact) mass is 401 g/mol. The number of ether oxygens (including phenoxy) is 1. The van der Waals surface area contributed by atoms with Gasteiger partial charge < -0.3 is 15.0 Å². The minimum atomic E-state index is -0.562. The van der Waals surface area contributed by atoms with Crippen LogP contribution in [-0.4, -0.2) is 40.8 Å². The number of nitrogens with one attached hydrogen (secondary N) is 1. The second-order valence-electron chi connectivity index (χ2n) is 6.29. The topological polar surface area (TPSA) is 71.5 Å². The molecule has 0 spiro atoms. The van der Waals surface area contributed by atoms with Gasteiger partial charge in [0.1, 0.15) is 18.4 Å². The number of carbonyl (C=O) groups excluding carboxylic acids is 2. The number of thiazole rings is 1. The Morgan fingerprint density at radius 1 is 1.32 bits per heavy atom. The number of carbonyl (C=O) groups is 2. The van der Waals surface area contributed by atoms with E-state index in [9.17, 15) is 9.59 Å². The predicted octanol–water partition coefficient (Wildman–Crippen LogP) is 3.42. The van der Waals surface area contributed by atoms with E-state index in [2.05, 4.69) is 10.3 Å². The van der Waals surface area contributed by atoms with Crippen LogP contribution in [-0.2, 0) is 16.2 Å². The van der Waals surface area contributed by atoms with Crippen molar-refractivity contribution in [3.05, 3.63) is 52.0 Å². The molecule has 0 radical (unpaired) electrons. The van der Waals surface area contributed by atoms with E-state index in [-0.39, 0.29) is 11.8 Å². The van der Waals surface area contributed by atoms with Gasteiger partial charge in [0, 0.05) is 24.5 Å². The average molecular weight is 402 g/mol. The van der Waals surface area contributed by atoms with Gasteiger partial charge in [-0.2, -0.15) is 0 Å². The lowest BCUT2D eigenvalue weighted by Gasteiger charge is -2.23. The highest BCUT2D eigenvalue weighted by atomic mass is 32.1. The summed E-state index contributed by atoms with van der Waals surface area (Å²) >= 11 is 1.59. The first-order valence-corrected chi connectivity index (χ1v) is 10.2. The molecule has 0 bridgehead atoms. The number of rotatable bonds is 9. The minimum absolute atomic E-state index is 0.0839. The number of nitrogens with zero attached hydrogens (tertiary/aromatic N) is 2. The minimum Gasteiger partial charge on any atom is -0.487 e. The molecule has 0 unspecified atom stereocenters. The summed E-state index contributed by atoms with van der Waals surface area (Å²) in [4.78, 5) is 30.4. The standard InChI is InChI=1S/C21H27N3O3S/c1-5-24(6-2)21(26)15(3)22-20(25)11-10-17-8-7-9-19(12-17)27-13-18-14-28-16(4)23-18/h7-12,14-15H,5-6,13H2,1-4H3,(H,22,25)/b11-10+/t15-/m1/s1. The van der Waals surface area contributed by atoms with Gasteiger partial charge in [-0.05, 0) is 51.5 Å². The van der Waals surface area contributed by atoms with E-state index in [1.807, 2.05) is 50.4 Å². The zero-order chi connectivity index (χ0) is 20.5. The second-order valence-corrected chi connectivity index (χ2v) is 7.36. The fourth-order valence-electron chi connectivity index (χ4n) is 2.64. The van der Waals surface area contributed by atoms with Crippen LogP contribution >= 0.6 is 11.3 Å². The Balaban J connectivity index is 1.90. The van der Waals surface area contributed by atoms with Crippen LogP contribution in [0.25, 0.3) is 6.08 Å². The summed E-state index contributed by atoms with van der Waals surface area (Å²) in [5, 5.41) is 5.69. The molecule has 0 aliphatic rings. The summed E-state index contributed by atoms with van der Waals surface area (Å²) in [7, 11) is 0. The molecule has 0 fully saturated rings. The number of benzene rings is 1. The van der Waals surface area contributed by atoms with Gasteiger partial charge in [0.25, 0.3) is 0 Å². The largest absolute Gasteiger partial charge is 0.487 e. The zero-order valence-corrected chi connectivity index (χ0v) is 17.6. The van der Waals surface area contributed by atoms with Crippen molar-refractivity contribution in [1.29, 1.82) is 0 Å². The number of hydrogen-bond acceptors (Lipinski definition) is 5. The molecule has 1 aromatic heterocycles. The fourth-order valence-corrected chi connectivity index (χ4v) is 3.24. The highest BCUT2D eigenvalue weighted by Gasteiger charge is 2.18. The van der Waals surface area contributed by atoms with Gasteiger partial charge in [-0.1, -0.05) is 12.1 Å². The molecule has 0 saturated carbocycles. The Bertz CT molecular complexity index is 828. The lowest BCUT2D eigenvalue weighted by molar-refractivity contribution is -0.134. The normalized spacial score (nSPS) is 12.0. The van der Waals surface area contributed by atoms with Gasteiger partial charge in [-0.15, -0.1) is 11.3 Å². The van der Waals surface area contributed by atoms with Gasteiger partial charge >= 0.3 is 0 Å². The molecule has 0 aliphatic heterocycles. The van der Waals surface area contributed by atoms with Crippen LogP contribution in [0, 0.1) is 6.92 Å². The van der Waals surface area contributed by atoms with Crippen LogP contribution in [0.4, 0.5) is 0 Å². The van der Waals surface area contributed by atoms with Gasteiger partial charge in [0.2, 0.25) is 11.8 Å². The van der Waals surface area contributed by atoms with Gasteiger partial charge in [-0.3, -0.25) is 9.59 Å². The number of hydrogen-bond donors (Lipinski definition) is 1. The molecule has 2 rings (SSSR count). The van der Waals surface area contributed by atoms with E-state index < -0.39 is 6.04 Å². The molecule has 1 N–H and O–H groups in total. The molecule has 6 nitrogen and oxygen atoms in total. The smallest absolute Gasteiger partial charge is 0.244 e. The molecule has 150 valence electrons. The van der Waals surface area contributed by atoms with Crippen molar-refractivity contribution in [2.24, 2.45) is 0 Å². The predicted molar refractivity (Wildman–Crippen MR) is 112 cm³/mol. The maximum atomic E-state index is 12.2. The number of aryl methyl sites for hydroxylation is 1. The Morgan fingerprint density at radius 2 is 2.07 bits per heavy atom. The van der Waals surface area contributed by atoms with Gasteiger partial charge in [0.05, 0.1) is 10.7 Å². The fraction of sp³-hybridized carbons (Fsp3) is 0.381. The second kappa shape index (κ2) is 10.6. The van der Waals surface area contributed by atoms with Crippen molar-refractivity contribution in [1.82, 2.24) is 15.2 Å². The lowest BCUT2D eigenvalue weighted by Crippen LogP contribution is -2.46. The Hall–Kier alpha value is -2.67. The SMILES string of the molecule is CCN(CC)C(=O)[C@@H](C)NC(=O)/C=C/c1cccc(OCc2csc(C)n2)c1. The molecule has 1 heterocycles. The third-order valence-corrected chi connectivity index (χ3v) is 4.97. The van der Waals surface area contributed by atoms with Crippen molar-refractivity contribution in [2.45, 2.75) is 40.3 Å². The molecule has 0 saturated heterocycles. The molecule has 7 heteroatoms. The summed E-state index contributed by atoms with van der Waals surface area (Å²) in [5.41, 5.74) is 1.74. The quantitative estimate of drug-likeness (QED) is 0.654. The van der Waals surface area contributed by atoms with E-state index in [1.54, 1.807) is 29.2 Å². The summed E-state index contributed by atoms with van der Waals surface area (Å²) in [5.74, 6) is 0.315. The van der Waals surface area contributed by atoms with Crippen LogP contribution in [0.15, 0.2) is 35.7 Å². The first kappa shape index (κ1) is 21.6. The number of likely N-dealkylation sites (N-methyl/N-ethyl adjacent to an activating group) is 1. The van der Waals surface area contributed by atoms with E-state index in [4.69, 9.17) is 4.74 Å². The van der Waals surface area contributed by atoms with Gasteiger partial charge in [0.15, 0.2) is 0 Å². The highest BCUT2D eigenvalue weighted by molar-refractivity contribution is 7.09. The first-order valence-electron chi connectivity index (χ1n) is 9.34. The Labute approximate surface area is 170 Å². The zero-order valence-electron chi connectivity index (χ0n) is 16.8. The molecular weight excluding hydrogens is 374 g/mol. The van der Waals surface area contributed by atoms with E-state index in [0.717, 1.165) is 16.3 Å². The van der Waals surface area contributed by atoms with Crippen molar-refractivity contribution < 1.29 is 14.3 Å². The third kappa shape index (κ3) is 6.49. The highest BCUT2D eigenvalue weighted by Crippen LogP contribution is 2.17. The summed E-state index contributed by atoms with van der Waals surface area (Å²) < 4.78 is 5.76. The maximum absolute atomic E-state index is 12.2. The molecule has 28 heavy (non-hydrogen) atoms. The Kier molecular flexibility index (Phi) is 8.19. The van der Waals surface area contributed by atoms with E-state index in [0.29, 0.717) is 25.4 Å². The van der Waals surface area contributed by atoms with E-state index >= 15 is 0 Å². The number of amides is 2. The van der Waals surface area contributed by atoms with Crippen LogP contribution in [0.5, 0.6) is 5.75 Å². The number of aromatic nitrogens is 1. The molecule has 2 aromatic rings. The average Bonchev–Trinajstić information content (AvgIpc) is 3.11. The van der Waals surface area contributed by atoms with Crippen molar-refractivity contribution in [3.8, 4) is 5.75 Å². The summed E-state index contributed by atoms with van der Waals surface area (Å²) in [6, 6.07) is 6.91. The molecule has 1 aromatic carbocycles. The van der Waals surface area contributed by atoms with Crippen molar-refractivity contribution in [3.63, 3.8) is 0 Å². The van der Waals surface area contributed by atoms with Crippen molar-refractivity contribution in [2.75, 3.05) is 13.1 Å². The van der Waals surface area contributed by atoms with Crippen molar-refractivity contribution >= 4 is 29.2 Å². The van der Waals surface area contributed by atoms with Crippen LogP contribution in [0.1, 0.15) is 37.0 Å². The van der Waals surface area contributed by atoms with Crippen LogP contribution in [0.3, 0.4) is 0 Å². The maximum Gasteiger partial charge on any atom is 0.244 e. The first-order chi connectivity index (χ1) is 13.4. The summed E-state index contributed by atoms with van der Waals surface area (Å²) in [6.45, 7) is 9.14. The Morgan fingerprint density at radius 3 is 2.71 bits per heavy atom. The molecule has 2 amide bonds. The third-order valence-electron chi connectivity index (χ3n) is 4.14. The van der Waals surface area contributed by atoms with E-state index in [1.165, 1.54) is 6.08 Å².